The zero-order valence-corrected chi connectivity index (χ0v) is 9.35. The van der Waals surface area contributed by atoms with Crippen molar-refractivity contribution in [3.05, 3.63) is 27.5 Å². The van der Waals surface area contributed by atoms with Gasteiger partial charge in [-0.2, -0.15) is 0 Å². The topological polar surface area (TPSA) is 63.3 Å². The lowest BCUT2D eigenvalue weighted by atomic mass is 10.2. The molecule has 2 rings (SSSR count). The zero-order chi connectivity index (χ0) is 10.3. The minimum atomic E-state index is -0.972. The van der Waals surface area contributed by atoms with E-state index in [1.54, 1.807) is 0 Å². The minimum Gasteiger partial charge on any atom is -0.477 e. The Hall–Kier alpha value is -1.07. The number of carboxylic acids is 1. The molecular formula is C9H6BrNO2S. The average molecular weight is 272 g/mol. The number of hydrogen-bond donors (Lipinski definition) is 2. The Bertz CT molecular complexity index is 521. The first-order chi connectivity index (χ1) is 6.59. The van der Waals surface area contributed by atoms with E-state index in [1.807, 2.05) is 18.2 Å². The van der Waals surface area contributed by atoms with Gasteiger partial charge in [-0.1, -0.05) is 22.0 Å². The van der Waals surface area contributed by atoms with E-state index in [0.29, 0.717) is 5.69 Å². The van der Waals surface area contributed by atoms with Crippen LogP contribution in [-0.2, 0) is 0 Å². The van der Waals surface area contributed by atoms with Gasteiger partial charge in [0.2, 0.25) is 0 Å². The summed E-state index contributed by atoms with van der Waals surface area (Å²) in [7, 11) is 0. The maximum atomic E-state index is 10.8. The number of benzene rings is 1. The summed E-state index contributed by atoms with van der Waals surface area (Å²) in [6.07, 6.45) is 0. The lowest BCUT2D eigenvalue weighted by Crippen LogP contribution is -1.96. The predicted molar refractivity (Wildman–Crippen MR) is 60.9 cm³/mol. The third-order valence-electron chi connectivity index (χ3n) is 1.88. The molecule has 0 unspecified atom stereocenters. The van der Waals surface area contributed by atoms with Gasteiger partial charge in [-0.15, -0.1) is 11.3 Å². The molecule has 3 nitrogen and oxygen atoms in total. The van der Waals surface area contributed by atoms with Gasteiger partial charge in [-0.3, -0.25) is 0 Å². The largest absolute Gasteiger partial charge is 0.477 e. The molecule has 0 aliphatic carbocycles. The first-order valence-corrected chi connectivity index (χ1v) is 5.41. The molecule has 2 aromatic rings. The fourth-order valence-corrected chi connectivity index (χ4v) is 2.76. The van der Waals surface area contributed by atoms with Gasteiger partial charge >= 0.3 is 5.97 Å². The molecule has 1 aromatic carbocycles. The number of anilines is 1. The third-order valence-corrected chi connectivity index (χ3v) is 3.53. The molecule has 1 heterocycles. The van der Waals surface area contributed by atoms with Crippen molar-refractivity contribution < 1.29 is 9.90 Å². The Kier molecular flexibility index (Phi) is 2.20. The SMILES string of the molecule is Nc1c(C(=O)O)sc2cc(Br)ccc12. The predicted octanol–water partition coefficient (Wildman–Crippen LogP) is 2.94. The highest BCUT2D eigenvalue weighted by atomic mass is 79.9. The van der Waals surface area contributed by atoms with Crippen LogP contribution in [0, 0.1) is 0 Å². The summed E-state index contributed by atoms with van der Waals surface area (Å²) >= 11 is 4.51. The van der Waals surface area contributed by atoms with Gasteiger partial charge in [-0.25, -0.2) is 4.79 Å². The number of thiophene rings is 1. The molecule has 0 amide bonds. The van der Waals surface area contributed by atoms with E-state index in [0.717, 1.165) is 14.6 Å². The van der Waals surface area contributed by atoms with Crippen molar-refractivity contribution in [1.82, 2.24) is 0 Å². The molecule has 0 fully saturated rings. The molecule has 72 valence electrons. The first-order valence-electron chi connectivity index (χ1n) is 3.80. The summed E-state index contributed by atoms with van der Waals surface area (Å²) in [5.74, 6) is -0.972. The van der Waals surface area contributed by atoms with Crippen LogP contribution in [0.5, 0.6) is 0 Å². The van der Waals surface area contributed by atoms with Gasteiger partial charge in [0, 0.05) is 14.6 Å². The minimum absolute atomic E-state index is 0.207. The molecule has 0 bridgehead atoms. The van der Waals surface area contributed by atoms with E-state index in [9.17, 15) is 4.79 Å². The van der Waals surface area contributed by atoms with Crippen LogP contribution in [0.1, 0.15) is 9.67 Å². The zero-order valence-electron chi connectivity index (χ0n) is 6.95. The van der Waals surface area contributed by atoms with Crippen LogP contribution in [0.2, 0.25) is 0 Å². The molecule has 0 saturated heterocycles. The second kappa shape index (κ2) is 3.25. The smallest absolute Gasteiger partial charge is 0.348 e. The summed E-state index contributed by atoms with van der Waals surface area (Å²) in [4.78, 5) is 11.0. The van der Waals surface area contributed by atoms with Gasteiger partial charge in [0.1, 0.15) is 4.88 Å². The average Bonchev–Trinajstić information content (AvgIpc) is 2.43. The molecule has 0 radical (unpaired) electrons. The Morgan fingerprint density at radius 3 is 2.86 bits per heavy atom. The quantitative estimate of drug-likeness (QED) is 0.838. The number of rotatable bonds is 1. The molecule has 0 aliphatic heterocycles. The van der Waals surface area contributed by atoms with Crippen LogP contribution in [0.15, 0.2) is 22.7 Å². The number of fused-ring (bicyclic) bond motifs is 1. The maximum Gasteiger partial charge on any atom is 0.348 e. The lowest BCUT2D eigenvalue weighted by Gasteiger charge is -1.92. The molecule has 1 aromatic heterocycles. The molecule has 5 heteroatoms. The number of carbonyl (C=O) groups is 1. The van der Waals surface area contributed by atoms with Gasteiger partial charge < -0.3 is 10.8 Å². The highest BCUT2D eigenvalue weighted by molar-refractivity contribution is 9.10. The standard InChI is InChI=1S/C9H6BrNO2S/c10-4-1-2-5-6(3-4)14-8(7(5)11)9(12)13/h1-3H,11H2,(H,12,13). The van der Waals surface area contributed by atoms with Gasteiger partial charge in [0.15, 0.2) is 0 Å². The van der Waals surface area contributed by atoms with Crippen LogP contribution in [0.25, 0.3) is 10.1 Å². The van der Waals surface area contributed by atoms with Crippen molar-refractivity contribution in [1.29, 1.82) is 0 Å². The van der Waals surface area contributed by atoms with Gasteiger partial charge in [0.05, 0.1) is 5.69 Å². The van der Waals surface area contributed by atoms with Crippen molar-refractivity contribution >= 4 is 49.0 Å². The van der Waals surface area contributed by atoms with Crippen molar-refractivity contribution in [2.24, 2.45) is 0 Å². The van der Waals surface area contributed by atoms with Crippen LogP contribution in [-0.4, -0.2) is 11.1 Å². The second-order valence-corrected chi connectivity index (χ2v) is 4.76. The first kappa shape index (κ1) is 9.48. The van der Waals surface area contributed by atoms with Crippen LogP contribution in [0.4, 0.5) is 5.69 Å². The van der Waals surface area contributed by atoms with E-state index < -0.39 is 5.97 Å². The number of halogens is 1. The third kappa shape index (κ3) is 1.38. The molecule has 0 saturated carbocycles. The molecule has 0 atom stereocenters. The summed E-state index contributed by atoms with van der Waals surface area (Å²) < 4.78 is 1.80. The Morgan fingerprint density at radius 1 is 1.50 bits per heavy atom. The highest BCUT2D eigenvalue weighted by Crippen LogP contribution is 2.34. The van der Waals surface area contributed by atoms with Crippen molar-refractivity contribution in [2.45, 2.75) is 0 Å². The number of hydrogen-bond acceptors (Lipinski definition) is 3. The Balaban J connectivity index is 2.79. The summed E-state index contributed by atoms with van der Waals surface area (Å²) in [5, 5.41) is 9.66. The van der Waals surface area contributed by atoms with Crippen LogP contribution >= 0.6 is 27.3 Å². The fourth-order valence-electron chi connectivity index (χ4n) is 1.25. The summed E-state index contributed by atoms with van der Waals surface area (Å²) in [5.41, 5.74) is 6.06. The number of nitrogens with two attached hydrogens (primary N) is 1. The van der Waals surface area contributed by atoms with E-state index >= 15 is 0 Å². The van der Waals surface area contributed by atoms with Gasteiger partial charge in [-0.05, 0) is 12.1 Å². The molecule has 0 aliphatic rings. The highest BCUT2D eigenvalue weighted by Gasteiger charge is 2.14. The summed E-state index contributed by atoms with van der Waals surface area (Å²) in [6, 6.07) is 5.53. The van der Waals surface area contributed by atoms with E-state index in [1.165, 1.54) is 11.3 Å². The van der Waals surface area contributed by atoms with Crippen LogP contribution < -0.4 is 5.73 Å². The van der Waals surface area contributed by atoms with Crippen molar-refractivity contribution in [2.75, 3.05) is 5.73 Å². The maximum absolute atomic E-state index is 10.8. The number of nitrogen functional groups attached to an aromatic ring is 1. The summed E-state index contributed by atoms with van der Waals surface area (Å²) in [6.45, 7) is 0. The van der Waals surface area contributed by atoms with Crippen LogP contribution in [0.3, 0.4) is 0 Å². The Labute approximate surface area is 92.3 Å². The second-order valence-electron chi connectivity index (χ2n) is 2.79. The van der Waals surface area contributed by atoms with Gasteiger partial charge in [0.25, 0.3) is 0 Å². The van der Waals surface area contributed by atoms with Crippen molar-refractivity contribution in [3.8, 4) is 0 Å². The van der Waals surface area contributed by atoms with Crippen molar-refractivity contribution in [3.63, 3.8) is 0 Å². The van der Waals surface area contributed by atoms with E-state index in [-0.39, 0.29) is 4.88 Å². The normalized spacial score (nSPS) is 10.6. The molecule has 3 N–H and O–H groups in total. The number of carboxylic acid groups (broad SMARTS) is 1. The molecular weight excluding hydrogens is 266 g/mol. The van der Waals surface area contributed by atoms with E-state index in [2.05, 4.69) is 15.9 Å². The molecule has 0 spiro atoms. The lowest BCUT2D eigenvalue weighted by molar-refractivity contribution is 0.0703. The monoisotopic (exact) mass is 271 g/mol. The molecule has 14 heavy (non-hydrogen) atoms. The number of aromatic carboxylic acids is 1. The van der Waals surface area contributed by atoms with E-state index in [4.69, 9.17) is 10.8 Å². The Morgan fingerprint density at radius 2 is 2.21 bits per heavy atom. The fraction of sp³-hybridized carbons (Fsp3) is 0.